The van der Waals surface area contributed by atoms with Crippen LogP contribution in [0.15, 0.2) is 5.16 Å². The second kappa shape index (κ2) is 3.95. The molecule has 0 aromatic carbocycles. The molecule has 3 heteroatoms. The predicted molar refractivity (Wildman–Crippen MR) is 60.8 cm³/mol. The highest BCUT2D eigenvalue weighted by Gasteiger charge is 2.39. The summed E-state index contributed by atoms with van der Waals surface area (Å²) in [6.45, 7) is 10.2. The molecule has 0 fully saturated rings. The van der Waals surface area contributed by atoms with Crippen molar-refractivity contribution < 1.29 is 9.63 Å². The highest BCUT2D eigenvalue weighted by Crippen LogP contribution is 2.39. The fourth-order valence-electron chi connectivity index (χ4n) is 2.25. The van der Waals surface area contributed by atoms with Gasteiger partial charge in [-0.3, -0.25) is 0 Å². The van der Waals surface area contributed by atoms with E-state index in [0.717, 1.165) is 24.8 Å². The summed E-state index contributed by atoms with van der Waals surface area (Å²) in [6, 6.07) is 0. The molecule has 1 atom stereocenters. The maximum Gasteiger partial charge on any atom is 0.137 e. The number of carbonyl (C=O) groups is 1. The third-order valence-electron chi connectivity index (χ3n) is 2.92. The predicted octanol–water partition coefficient (Wildman–Crippen LogP) is 2.79. The Kier molecular flexibility index (Phi) is 3.22. The van der Waals surface area contributed by atoms with Crippen LogP contribution in [-0.2, 0) is 9.63 Å². The van der Waals surface area contributed by atoms with Crippen molar-refractivity contribution in [2.75, 3.05) is 0 Å². The summed E-state index contributed by atoms with van der Waals surface area (Å²) in [4.78, 5) is 16.3. The Labute approximate surface area is 91.9 Å². The number of carbonyl (C=O) groups excluding carboxylic acids is 1. The zero-order valence-corrected chi connectivity index (χ0v) is 10.3. The Balaban J connectivity index is 2.64. The number of hydrogen-bond donors (Lipinski definition) is 0. The summed E-state index contributed by atoms with van der Waals surface area (Å²) in [5, 5.41) is 3.97. The second-order valence-corrected chi connectivity index (χ2v) is 5.90. The van der Waals surface area contributed by atoms with E-state index in [-0.39, 0.29) is 16.9 Å². The normalized spacial score (nSPS) is 22.2. The molecule has 0 saturated carbocycles. The standard InChI is InChI=1S/C12H21NO2/c1-9-6-10(15-13-9)12(4,5)7-11(2,3)8-14/h8,10H,6-7H2,1-5H3. The Morgan fingerprint density at radius 3 is 2.47 bits per heavy atom. The van der Waals surface area contributed by atoms with Gasteiger partial charge in [-0.2, -0.15) is 0 Å². The second-order valence-electron chi connectivity index (χ2n) is 5.90. The molecule has 0 spiro atoms. The van der Waals surface area contributed by atoms with E-state index in [9.17, 15) is 4.79 Å². The molecule has 0 amide bonds. The fourth-order valence-corrected chi connectivity index (χ4v) is 2.25. The first kappa shape index (κ1) is 12.2. The average Bonchev–Trinajstić information content (AvgIpc) is 2.51. The smallest absolute Gasteiger partial charge is 0.137 e. The van der Waals surface area contributed by atoms with Crippen molar-refractivity contribution in [1.29, 1.82) is 0 Å². The molecular formula is C12H21NO2. The van der Waals surface area contributed by atoms with Crippen LogP contribution in [0.5, 0.6) is 0 Å². The van der Waals surface area contributed by atoms with Gasteiger partial charge in [-0.25, -0.2) is 0 Å². The Hall–Kier alpha value is -0.860. The van der Waals surface area contributed by atoms with Crippen LogP contribution >= 0.6 is 0 Å². The first-order valence-electron chi connectivity index (χ1n) is 5.42. The van der Waals surface area contributed by atoms with Crippen molar-refractivity contribution >= 4 is 12.0 Å². The SMILES string of the molecule is CC1=NOC(C(C)(C)CC(C)(C)C=O)C1. The zero-order chi connectivity index (χ0) is 11.7. The number of nitrogens with zero attached hydrogens (tertiary/aromatic N) is 1. The van der Waals surface area contributed by atoms with E-state index in [0.29, 0.717) is 0 Å². The van der Waals surface area contributed by atoms with Crippen LogP contribution in [-0.4, -0.2) is 18.1 Å². The molecule has 86 valence electrons. The summed E-state index contributed by atoms with van der Waals surface area (Å²) in [5.74, 6) is 0. The third kappa shape index (κ3) is 3.05. The minimum absolute atomic E-state index is 0.0222. The molecule has 0 aliphatic carbocycles. The summed E-state index contributed by atoms with van der Waals surface area (Å²) >= 11 is 0. The molecule has 0 aromatic heterocycles. The van der Waals surface area contributed by atoms with Gasteiger partial charge in [-0.15, -0.1) is 0 Å². The van der Waals surface area contributed by atoms with Gasteiger partial charge < -0.3 is 9.63 Å². The van der Waals surface area contributed by atoms with Gasteiger partial charge in [-0.1, -0.05) is 32.9 Å². The first-order chi connectivity index (χ1) is 6.77. The molecule has 0 saturated heterocycles. The Bertz CT molecular complexity index is 279. The Morgan fingerprint density at radius 1 is 1.47 bits per heavy atom. The van der Waals surface area contributed by atoms with Crippen molar-refractivity contribution in [2.45, 2.75) is 53.6 Å². The van der Waals surface area contributed by atoms with Crippen molar-refractivity contribution in [3.8, 4) is 0 Å². The van der Waals surface area contributed by atoms with E-state index in [2.05, 4.69) is 19.0 Å². The van der Waals surface area contributed by atoms with Crippen molar-refractivity contribution in [2.24, 2.45) is 16.0 Å². The molecule has 0 bridgehead atoms. The van der Waals surface area contributed by atoms with E-state index >= 15 is 0 Å². The van der Waals surface area contributed by atoms with Gasteiger partial charge in [-0.05, 0) is 13.3 Å². The third-order valence-corrected chi connectivity index (χ3v) is 2.92. The maximum atomic E-state index is 10.9. The molecule has 1 rings (SSSR count). The summed E-state index contributed by atoms with van der Waals surface area (Å²) in [7, 11) is 0. The minimum atomic E-state index is -0.288. The highest BCUT2D eigenvalue weighted by atomic mass is 16.6. The van der Waals surface area contributed by atoms with Crippen LogP contribution in [0.3, 0.4) is 0 Å². The highest BCUT2D eigenvalue weighted by molar-refractivity contribution is 5.82. The van der Waals surface area contributed by atoms with E-state index in [1.807, 2.05) is 20.8 Å². The molecule has 15 heavy (non-hydrogen) atoms. The van der Waals surface area contributed by atoms with Crippen LogP contribution in [0.4, 0.5) is 0 Å². The number of oxime groups is 1. The van der Waals surface area contributed by atoms with Crippen molar-refractivity contribution in [3.05, 3.63) is 0 Å². The van der Waals surface area contributed by atoms with Crippen LogP contribution in [0.2, 0.25) is 0 Å². The van der Waals surface area contributed by atoms with E-state index in [1.165, 1.54) is 0 Å². The van der Waals surface area contributed by atoms with Crippen molar-refractivity contribution in [3.63, 3.8) is 0 Å². The minimum Gasteiger partial charge on any atom is -0.392 e. The number of hydrogen-bond acceptors (Lipinski definition) is 3. The number of rotatable bonds is 4. The summed E-state index contributed by atoms with van der Waals surface area (Å²) in [5.41, 5.74) is 0.728. The fraction of sp³-hybridized carbons (Fsp3) is 0.833. The maximum absolute atomic E-state index is 10.9. The number of aldehydes is 1. The van der Waals surface area contributed by atoms with Crippen LogP contribution < -0.4 is 0 Å². The van der Waals surface area contributed by atoms with Gasteiger partial charge >= 0.3 is 0 Å². The van der Waals surface area contributed by atoms with Gasteiger partial charge in [0.25, 0.3) is 0 Å². The van der Waals surface area contributed by atoms with Gasteiger partial charge in [0.15, 0.2) is 0 Å². The lowest BCUT2D eigenvalue weighted by atomic mass is 9.72. The first-order valence-corrected chi connectivity index (χ1v) is 5.42. The largest absolute Gasteiger partial charge is 0.392 e. The van der Waals surface area contributed by atoms with Crippen molar-refractivity contribution in [1.82, 2.24) is 0 Å². The monoisotopic (exact) mass is 211 g/mol. The van der Waals surface area contributed by atoms with Crippen LogP contribution in [0.1, 0.15) is 47.5 Å². The average molecular weight is 211 g/mol. The van der Waals surface area contributed by atoms with E-state index < -0.39 is 0 Å². The molecule has 0 aromatic rings. The lowest BCUT2D eigenvalue weighted by Gasteiger charge is -2.34. The Morgan fingerprint density at radius 2 is 2.07 bits per heavy atom. The zero-order valence-electron chi connectivity index (χ0n) is 10.3. The molecule has 0 N–H and O–H groups in total. The topological polar surface area (TPSA) is 38.7 Å². The molecule has 0 radical (unpaired) electrons. The molecule has 1 aliphatic heterocycles. The van der Waals surface area contributed by atoms with Gasteiger partial charge in [0, 0.05) is 17.3 Å². The molecule has 1 heterocycles. The summed E-state index contributed by atoms with van der Waals surface area (Å²) < 4.78 is 0. The van der Waals surface area contributed by atoms with Gasteiger partial charge in [0.05, 0.1) is 5.71 Å². The van der Waals surface area contributed by atoms with Gasteiger partial charge in [0.1, 0.15) is 12.4 Å². The lowest BCUT2D eigenvalue weighted by molar-refractivity contribution is -0.117. The lowest BCUT2D eigenvalue weighted by Crippen LogP contribution is -2.34. The molecule has 1 aliphatic rings. The molecule has 3 nitrogen and oxygen atoms in total. The van der Waals surface area contributed by atoms with Gasteiger partial charge in [0.2, 0.25) is 0 Å². The van der Waals surface area contributed by atoms with Crippen LogP contribution in [0, 0.1) is 10.8 Å². The molecule has 1 unspecified atom stereocenters. The summed E-state index contributed by atoms with van der Waals surface area (Å²) in [6.07, 6.45) is 2.83. The quantitative estimate of drug-likeness (QED) is 0.671. The molecular weight excluding hydrogens is 190 g/mol. The van der Waals surface area contributed by atoms with E-state index in [1.54, 1.807) is 0 Å². The van der Waals surface area contributed by atoms with E-state index in [4.69, 9.17) is 4.84 Å². The van der Waals surface area contributed by atoms with Crippen LogP contribution in [0.25, 0.3) is 0 Å².